The Balaban J connectivity index is 1.26. The fourth-order valence-corrected chi connectivity index (χ4v) is 7.36. The molecule has 8 nitrogen and oxygen atoms in total. The van der Waals surface area contributed by atoms with E-state index in [1.165, 1.54) is 36.9 Å². The molecule has 39 heavy (non-hydrogen) atoms. The molecule has 0 spiro atoms. The Labute approximate surface area is 234 Å². The number of rotatable bonds is 6. The number of halogens is 1. The van der Waals surface area contributed by atoms with Crippen LogP contribution in [-0.2, 0) is 9.47 Å². The molecule has 2 fully saturated rings. The quantitative estimate of drug-likeness (QED) is 0.198. The highest BCUT2D eigenvalue weighted by atomic mass is 79.9. The van der Waals surface area contributed by atoms with Crippen LogP contribution < -0.4 is 5.32 Å². The number of nitro benzene ring substituents is 1. The number of esters is 2. The van der Waals surface area contributed by atoms with E-state index in [4.69, 9.17) is 9.47 Å². The number of methoxy groups -OCH3 is 1. The summed E-state index contributed by atoms with van der Waals surface area (Å²) in [6.45, 7) is 0.308. The van der Waals surface area contributed by atoms with Gasteiger partial charge in [0.25, 0.3) is 5.69 Å². The number of nitrogens with one attached hydrogen (secondary N) is 1. The molecule has 9 heteroatoms. The number of non-ortho nitro benzene ring substituents is 1. The normalized spacial score (nSPS) is 26.2. The maximum absolute atomic E-state index is 12.7. The monoisotopic (exact) mass is 590 g/mol. The van der Waals surface area contributed by atoms with Crippen molar-refractivity contribution in [1.82, 2.24) is 0 Å². The van der Waals surface area contributed by atoms with Crippen LogP contribution in [0.2, 0.25) is 0 Å². The van der Waals surface area contributed by atoms with Gasteiger partial charge in [-0.1, -0.05) is 28.1 Å². The summed E-state index contributed by atoms with van der Waals surface area (Å²) in [7, 11) is 1.40. The van der Waals surface area contributed by atoms with Crippen molar-refractivity contribution in [3.63, 3.8) is 0 Å². The van der Waals surface area contributed by atoms with Crippen LogP contribution in [0.25, 0.3) is 0 Å². The Hall–Kier alpha value is -3.72. The molecule has 1 aliphatic heterocycles. The molecule has 1 heterocycles. The van der Waals surface area contributed by atoms with Gasteiger partial charge in [-0.05, 0) is 96.0 Å². The van der Waals surface area contributed by atoms with E-state index in [2.05, 4.69) is 45.5 Å². The van der Waals surface area contributed by atoms with Crippen molar-refractivity contribution in [2.24, 2.45) is 23.7 Å². The zero-order valence-corrected chi connectivity index (χ0v) is 22.8. The molecule has 0 unspecified atom stereocenters. The maximum atomic E-state index is 12.7. The molecule has 200 valence electrons. The van der Waals surface area contributed by atoms with Crippen molar-refractivity contribution in [1.29, 1.82) is 0 Å². The first kappa shape index (κ1) is 25.6. The predicted octanol–water partition coefficient (Wildman–Crippen LogP) is 6.52. The molecule has 2 saturated carbocycles. The predicted molar refractivity (Wildman–Crippen MR) is 148 cm³/mol. The minimum atomic E-state index is -0.493. The molecule has 3 aliphatic rings. The van der Waals surface area contributed by atoms with Crippen LogP contribution in [0.3, 0.4) is 0 Å². The summed E-state index contributed by atoms with van der Waals surface area (Å²) in [5.74, 6) is 0.700. The van der Waals surface area contributed by atoms with Gasteiger partial charge in [-0.2, -0.15) is 0 Å². The molecule has 6 atom stereocenters. The highest BCUT2D eigenvalue weighted by Crippen LogP contribution is 2.65. The summed E-state index contributed by atoms with van der Waals surface area (Å²) in [5, 5.41) is 14.7. The number of nitro groups is 1. The minimum Gasteiger partial charge on any atom is -0.465 e. The summed E-state index contributed by atoms with van der Waals surface area (Å²) < 4.78 is 11.7. The van der Waals surface area contributed by atoms with E-state index in [-0.39, 0.29) is 35.5 Å². The van der Waals surface area contributed by atoms with E-state index in [0.29, 0.717) is 29.6 Å². The van der Waals surface area contributed by atoms with Crippen LogP contribution in [0.15, 0.2) is 71.2 Å². The topological polar surface area (TPSA) is 108 Å². The number of hydrogen-bond donors (Lipinski definition) is 1. The molecule has 3 aromatic rings. The average molecular weight is 591 g/mol. The zero-order valence-electron chi connectivity index (χ0n) is 21.2. The van der Waals surface area contributed by atoms with Crippen LogP contribution in [0.4, 0.5) is 11.4 Å². The largest absolute Gasteiger partial charge is 0.465 e. The highest BCUT2D eigenvalue weighted by Gasteiger charge is 2.57. The van der Waals surface area contributed by atoms with Gasteiger partial charge in [-0.15, -0.1) is 0 Å². The lowest BCUT2D eigenvalue weighted by Crippen LogP contribution is -2.39. The van der Waals surface area contributed by atoms with E-state index in [1.54, 1.807) is 0 Å². The van der Waals surface area contributed by atoms with E-state index < -0.39 is 10.9 Å². The van der Waals surface area contributed by atoms with Crippen molar-refractivity contribution in [3.05, 3.63) is 104 Å². The molecule has 0 saturated heterocycles. The van der Waals surface area contributed by atoms with Crippen molar-refractivity contribution in [2.75, 3.05) is 19.0 Å². The van der Waals surface area contributed by atoms with Crippen LogP contribution in [0.5, 0.6) is 0 Å². The Bertz CT molecular complexity index is 1440. The molecule has 2 bridgehead atoms. The number of carbonyl (C=O) groups excluding carboxylic acids is 2. The molecule has 0 aromatic heterocycles. The highest BCUT2D eigenvalue weighted by molar-refractivity contribution is 9.10. The van der Waals surface area contributed by atoms with Gasteiger partial charge >= 0.3 is 11.9 Å². The Morgan fingerprint density at radius 2 is 1.72 bits per heavy atom. The van der Waals surface area contributed by atoms with Crippen molar-refractivity contribution < 1.29 is 24.0 Å². The third kappa shape index (κ3) is 4.58. The van der Waals surface area contributed by atoms with Crippen molar-refractivity contribution in [2.45, 2.75) is 24.8 Å². The van der Waals surface area contributed by atoms with Gasteiger partial charge in [0.2, 0.25) is 0 Å². The lowest BCUT2D eigenvalue weighted by Gasteiger charge is -2.45. The summed E-state index contributed by atoms with van der Waals surface area (Å²) in [5.41, 5.74) is 4.19. The number of fused-ring (bicyclic) bond motifs is 7. The van der Waals surface area contributed by atoms with Crippen LogP contribution in [0, 0.1) is 33.8 Å². The molecule has 6 rings (SSSR count). The second kappa shape index (κ2) is 10.1. The molecule has 2 aliphatic carbocycles. The van der Waals surface area contributed by atoms with Crippen molar-refractivity contribution in [3.8, 4) is 0 Å². The van der Waals surface area contributed by atoms with E-state index in [1.807, 2.05) is 18.2 Å². The van der Waals surface area contributed by atoms with Gasteiger partial charge < -0.3 is 14.8 Å². The lowest BCUT2D eigenvalue weighted by molar-refractivity contribution is -0.384. The molecular weight excluding hydrogens is 564 g/mol. The fraction of sp³-hybridized carbons (Fsp3) is 0.333. The van der Waals surface area contributed by atoms with Gasteiger partial charge in [0.15, 0.2) is 0 Å². The first-order valence-electron chi connectivity index (χ1n) is 13.0. The van der Waals surface area contributed by atoms with Gasteiger partial charge in [0.05, 0.1) is 35.8 Å². The Morgan fingerprint density at radius 1 is 1.00 bits per heavy atom. The SMILES string of the molecule is COC(=O)c1ccc2c(c1)[C@H]1[C@@H]3C[C@H](COC(=O)c4ccc([N+](=O)[O-])cc4)[C@@H](C3)[C@H]1[C@H](c1ccc(Br)cc1)N2. The molecule has 0 amide bonds. The number of anilines is 1. The number of benzene rings is 3. The summed E-state index contributed by atoms with van der Waals surface area (Å²) in [6.07, 6.45) is 1.97. The third-order valence-corrected chi connectivity index (χ3v) is 9.23. The summed E-state index contributed by atoms with van der Waals surface area (Å²) >= 11 is 3.54. The maximum Gasteiger partial charge on any atom is 0.338 e. The van der Waals surface area contributed by atoms with E-state index in [0.717, 1.165) is 28.6 Å². The Morgan fingerprint density at radius 3 is 2.41 bits per heavy atom. The number of ether oxygens (including phenoxy) is 2. The van der Waals surface area contributed by atoms with Crippen LogP contribution in [0.1, 0.15) is 56.6 Å². The van der Waals surface area contributed by atoms with Gasteiger partial charge in [0, 0.05) is 22.3 Å². The van der Waals surface area contributed by atoms with E-state index >= 15 is 0 Å². The van der Waals surface area contributed by atoms with Gasteiger partial charge in [-0.3, -0.25) is 10.1 Å². The number of nitrogens with zero attached hydrogens (tertiary/aromatic N) is 1. The van der Waals surface area contributed by atoms with Crippen molar-refractivity contribution >= 4 is 39.2 Å². The van der Waals surface area contributed by atoms with Crippen LogP contribution >= 0.6 is 15.9 Å². The second-order valence-corrected chi connectivity index (χ2v) is 11.5. The molecule has 1 N–H and O–H groups in total. The zero-order chi connectivity index (χ0) is 27.3. The first-order chi connectivity index (χ1) is 18.8. The fourth-order valence-electron chi connectivity index (χ4n) is 7.09. The molecular formula is C30H27BrN2O6. The van der Waals surface area contributed by atoms with E-state index in [9.17, 15) is 19.7 Å². The second-order valence-electron chi connectivity index (χ2n) is 10.6. The van der Waals surface area contributed by atoms with Crippen LogP contribution in [-0.4, -0.2) is 30.6 Å². The molecule has 3 aromatic carbocycles. The summed E-state index contributed by atoms with van der Waals surface area (Å²) in [4.78, 5) is 35.5. The molecule has 0 radical (unpaired) electrons. The van der Waals surface area contributed by atoms with Gasteiger partial charge in [0.1, 0.15) is 0 Å². The third-order valence-electron chi connectivity index (χ3n) is 8.70. The minimum absolute atomic E-state index is 0.0647. The number of hydrogen-bond acceptors (Lipinski definition) is 7. The lowest BCUT2D eigenvalue weighted by atomic mass is 9.65. The first-order valence-corrected chi connectivity index (χ1v) is 13.8. The Kier molecular flexibility index (Phi) is 6.62. The summed E-state index contributed by atoms with van der Waals surface area (Å²) in [6, 6.07) is 19.7. The van der Waals surface area contributed by atoms with Gasteiger partial charge in [-0.25, -0.2) is 9.59 Å². The standard InChI is InChI=1S/C30H27BrN2O6/c1-38-29(34)18-6-11-25-24(13-18)26-19-12-20(15-39-30(35)17-4-9-22(10-5-17)33(36)37)23(14-19)27(26)28(32-25)16-2-7-21(31)8-3-16/h2-11,13,19-20,23,26-28,32H,12,14-15H2,1H3/t19-,20-,23-,26-,27-,28+/m1/s1. The number of carbonyl (C=O) groups is 2. The smallest absolute Gasteiger partial charge is 0.338 e. The average Bonchev–Trinajstić information content (AvgIpc) is 3.55.